The summed E-state index contributed by atoms with van der Waals surface area (Å²) in [5, 5.41) is 0.127. The summed E-state index contributed by atoms with van der Waals surface area (Å²) < 4.78 is 132. The van der Waals surface area contributed by atoms with E-state index in [1.807, 2.05) is 0 Å². The molecule has 0 aliphatic rings. The average molecular weight is 614 g/mol. The first-order chi connectivity index (χ1) is 17.7. The molecule has 1 unspecified atom stereocenters. The fourth-order valence-electron chi connectivity index (χ4n) is 3.03. The van der Waals surface area contributed by atoms with E-state index in [9.17, 15) is 53.5 Å². The Bertz CT molecular complexity index is 1240. The molecule has 0 heterocycles. The SMILES string of the molecule is CN(NC(=O)c1ccc(/C=C/C(c2cc(Cl)c(F)c(Cl)c2)C(F)(F)F)cc1C(F)(F)F)C(=O)NCC(F)(F)F. The molecule has 39 heavy (non-hydrogen) atoms. The van der Waals surface area contributed by atoms with E-state index in [4.69, 9.17) is 23.2 Å². The Morgan fingerprint density at radius 3 is 2.03 bits per heavy atom. The smallest absolute Gasteiger partial charge is 0.327 e. The van der Waals surface area contributed by atoms with Crippen molar-refractivity contribution in [2.24, 2.45) is 0 Å². The van der Waals surface area contributed by atoms with Gasteiger partial charge in [0.25, 0.3) is 5.91 Å². The van der Waals surface area contributed by atoms with Gasteiger partial charge in [-0.1, -0.05) is 41.4 Å². The van der Waals surface area contributed by atoms with E-state index in [2.05, 4.69) is 0 Å². The van der Waals surface area contributed by atoms with Gasteiger partial charge in [0, 0.05) is 7.05 Å². The maximum absolute atomic E-state index is 13.7. The van der Waals surface area contributed by atoms with Crippen LogP contribution >= 0.6 is 23.2 Å². The lowest BCUT2D eigenvalue weighted by Crippen LogP contribution is -2.50. The number of nitrogens with zero attached hydrogens (tertiary/aromatic N) is 1. The zero-order valence-corrected chi connectivity index (χ0v) is 20.6. The van der Waals surface area contributed by atoms with Crippen LogP contribution in [0.15, 0.2) is 36.4 Å². The van der Waals surface area contributed by atoms with Crippen molar-refractivity contribution < 1.29 is 53.5 Å². The molecule has 1 atom stereocenters. The van der Waals surface area contributed by atoms with Crippen LogP contribution in [0.25, 0.3) is 6.08 Å². The number of amides is 3. The molecule has 0 spiro atoms. The quantitative estimate of drug-likeness (QED) is 0.210. The van der Waals surface area contributed by atoms with Crippen molar-refractivity contribution >= 4 is 41.2 Å². The van der Waals surface area contributed by atoms with Gasteiger partial charge in [-0.25, -0.2) is 14.2 Å². The summed E-state index contributed by atoms with van der Waals surface area (Å²) in [6, 6.07) is 1.60. The maximum atomic E-state index is 13.7. The molecule has 2 aromatic rings. The molecule has 3 amide bonds. The monoisotopic (exact) mass is 613 g/mol. The van der Waals surface area contributed by atoms with Crippen molar-refractivity contribution in [3.05, 3.63) is 74.5 Å². The Hall–Kier alpha value is -3.20. The van der Waals surface area contributed by atoms with Crippen molar-refractivity contribution in [2.45, 2.75) is 24.4 Å². The van der Waals surface area contributed by atoms with E-state index >= 15 is 0 Å². The van der Waals surface area contributed by atoms with E-state index in [1.165, 1.54) is 5.32 Å². The van der Waals surface area contributed by atoms with Crippen molar-refractivity contribution in [1.29, 1.82) is 0 Å². The maximum Gasteiger partial charge on any atom is 0.417 e. The number of hydrogen-bond donors (Lipinski definition) is 2. The van der Waals surface area contributed by atoms with E-state index in [0.717, 1.165) is 13.1 Å². The highest BCUT2D eigenvalue weighted by Crippen LogP contribution is 2.40. The molecule has 2 aromatic carbocycles. The molecule has 0 aromatic heterocycles. The van der Waals surface area contributed by atoms with Crippen LogP contribution in [0.5, 0.6) is 0 Å². The molecule has 0 fully saturated rings. The van der Waals surface area contributed by atoms with Gasteiger partial charge in [0.15, 0.2) is 5.82 Å². The second-order valence-corrected chi connectivity index (χ2v) is 8.57. The number of benzene rings is 2. The Balaban J connectivity index is 2.37. The summed E-state index contributed by atoms with van der Waals surface area (Å²) in [4.78, 5) is 24.0. The number of hydrogen-bond acceptors (Lipinski definition) is 2. The molecule has 0 radical (unpaired) electrons. The number of alkyl halides is 9. The Morgan fingerprint density at radius 1 is 0.974 bits per heavy atom. The highest BCUT2D eigenvalue weighted by atomic mass is 35.5. The number of rotatable bonds is 5. The molecular weight excluding hydrogens is 599 g/mol. The molecule has 5 nitrogen and oxygen atoms in total. The first-order valence-electron chi connectivity index (χ1n) is 10.2. The molecular formula is C22H15Cl2F10N3O2. The molecule has 2 N–H and O–H groups in total. The number of carbonyl (C=O) groups excluding carboxylic acids is 2. The molecule has 214 valence electrons. The molecule has 0 saturated heterocycles. The van der Waals surface area contributed by atoms with E-state index < -0.39 is 81.0 Å². The highest BCUT2D eigenvalue weighted by Gasteiger charge is 2.40. The number of allylic oxidation sites excluding steroid dienone is 1. The van der Waals surface area contributed by atoms with Gasteiger partial charge in [0.05, 0.1) is 27.1 Å². The second-order valence-electron chi connectivity index (χ2n) is 7.75. The molecule has 17 heteroatoms. The molecule has 0 aliphatic carbocycles. The zero-order chi connectivity index (χ0) is 29.9. The predicted octanol–water partition coefficient (Wildman–Crippen LogP) is 7.36. The number of nitrogens with one attached hydrogen (secondary N) is 2. The number of halogens is 12. The molecule has 2 rings (SSSR count). The van der Waals surface area contributed by atoms with Crippen molar-refractivity contribution in [3.63, 3.8) is 0 Å². The van der Waals surface area contributed by atoms with Gasteiger partial charge in [0.2, 0.25) is 0 Å². The third-order valence-corrected chi connectivity index (χ3v) is 5.36. The Morgan fingerprint density at radius 2 is 1.54 bits per heavy atom. The van der Waals surface area contributed by atoms with Gasteiger partial charge in [-0.05, 0) is 35.4 Å². The van der Waals surface area contributed by atoms with Gasteiger partial charge in [0.1, 0.15) is 6.54 Å². The average Bonchev–Trinajstić information content (AvgIpc) is 2.78. The lowest BCUT2D eigenvalue weighted by atomic mass is 9.96. The summed E-state index contributed by atoms with van der Waals surface area (Å²) in [5.41, 5.74) is -2.09. The minimum absolute atomic E-state index is 0.176. The van der Waals surface area contributed by atoms with Crippen LogP contribution in [0.1, 0.15) is 33.0 Å². The topological polar surface area (TPSA) is 61.4 Å². The third-order valence-electron chi connectivity index (χ3n) is 4.81. The largest absolute Gasteiger partial charge is 0.417 e. The lowest BCUT2D eigenvalue weighted by Gasteiger charge is -2.21. The zero-order valence-electron chi connectivity index (χ0n) is 19.1. The first-order valence-corrected chi connectivity index (χ1v) is 11.0. The summed E-state index contributed by atoms with van der Waals surface area (Å²) in [5.74, 6) is -5.18. The van der Waals surface area contributed by atoms with Gasteiger partial charge >= 0.3 is 24.6 Å². The summed E-state index contributed by atoms with van der Waals surface area (Å²) >= 11 is 11.1. The van der Waals surface area contributed by atoms with Crippen LogP contribution in [0, 0.1) is 5.82 Å². The van der Waals surface area contributed by atoms with E-state index in [1.54, 1.807) is 5.43 Å². The van der Waals surface area contributed by atoms with Gasteiger partial charge in [-0.15, -0.1) is 0 Å². The normalized spacial score (nSPS) is 13.4. The van der Waals surface area contributed by atoms with Crippen LogP contribution < -0.4 is 10.7 Å². The molecule has 0 saturated carbocycles. The van der Waals surface area contributed by atoms with E-state index in [0.29, 0.717) is 36.4 Å². The van der Waals surface area contributed by atoms with Crippen molar-refractivity contribution in [2.75, 3.05) is 13.6 Å². The predicted molar refractivity (Wildman–Crippen MR) is 120 cm³/mol. The van der Waals surface area contributed by atoms with Crippen molar-refractivity contribution in [1.82, 2.24) is 15.8 Å². The third kappa shape index (κ3) is 8.92. The van der Waals surface area contributed by atoms with Crippen LogP contribution in [0.3, 0.4) is 0 Å². The second kappa shape index (κ2) is 11.9. The van der Waals surface area contributed by atoms with Crippen LogP contribution in [0.4, 0.5) is 48.7 Å². The highest BCUT2D eigenvalue weighted by molar-refractivity contribution is 6.35. The van der Waals surface area contributed by atoms with Gasteiger partial charge < -0.3 is 5.32 Å². The summed E-state index contributed by atoms with van der Waals surface area (Å²) in [6.07, 6.45) is -13.9. The van der Waals surface area contributed by atoms with Crippen LogP contribution in [-0.4, -0.2) is 42.9 Å². The fraction of sp³-hybridized carbons (Fsp3) is 0.273. The Labute approximate surface area is 223 Å². The van der Waals surface area contributed by atoms with Crippen LogP contribution in [-0.2, 0) is 6.18 Å². The van der Waals surface area contributed by atoms with Gasteiger partial charge in [-0.3, -0.25) is 10.2 Å². The first kappa shape index (κ1) is 32.0. The van der Waals surface area contributed by atoms with Gasteiger partial charge in [-0.2, -0.15) is 39.5 Å². The Kier molecular flexibility index (Phi) is 9.77. The minimum Gasteiger partial charge on any atom is -0.327 e. The molecule has 0 aliphatic heterocycles. The summed E-state index contributed by atoms with van der Waals surface area (Å²) in [6.45, 7) is -1.78. The number of carbonyl (C=O) groups is 2. The van der Waals surface area contributed by atoms with E-state index in [-0.39, 0.29) is 5.01 Å². The van der Waals surface area contributed by atoms with Crippen LogP contribution in [0.2, 0.25) is 10.0 Å². The minimum atomic E-state index is -5.21. The van der Waals surface area contributed by atoms with Crippen molar-refractivity contribution in [3.8, 4) is 0 Å². The number of hydrazine groups is 1. The molecule has 0 bridgehead atoms. The number of urea groups is 1. The standard InChI is InChI=1S/C22H15Cl2F10N3O2/c1-37(19(39)35-9-20(26,27)28)36-18(38)12-4-2-10(6-14(12)22(32,33)34)3-5-13(21(29,30)31)11-7-15(23)17(25)16(24)8-11/h2-8,13H,9H2,1H3,(H,35,39)(H,36,38)/b5-3+. The summed E-state index contributed by atoms with van der Waals surface area (Å²) in [7, 11) is 0.763. The lowest BCUT2D eigenvalue weighted by molar-refractivity contribution is -0.139. The fourth-order valence-corrected chi connectivity index (χ4v) is 3.53.